The van der Waals surface area contributed by atoms with Crippen molar-refractivity contribution in [1.29, 1.82) is 0 Å². The first-order valence-corrected chi connectivity index (χ1v) is 9.68. The molecule has 1 aliphatic heterocycles. The highest BCUT2D eigenvalue weighted by Crippen LogP contribution is 2.37. The number of rotatable bonds is 4. The molecule has 1 saturated heterocycles. The number of benzene rings is 2. The molecule has 1 fully saturated rings. The van der Waals surface area contributed by atoms with E-state index >= 15 is 0 Å². The van der Waals surface area contributed by atoms with Crippen LogP contribution >= 0.6 is 0 Å². The molecule has 0 spiro atoms. The molecule has 4 rings (SSSR count). The van der Waals surface area contributed by atoms with Crippen molar-refractivity contribution in [1.82, 2.24) is 14.5 Å². The summed E-state index contributed by atoms with van der Waals surface area (Å²) in [6.07, 6.45) is -8.07. The summed E-state index contributed by atoms with van der Waals surface area (Å²) in [4.78, 5) is 17.7. The molecule has 3 aromatic rings. The molecule has 32 heavy (non-hydrogen) atoms. The largest absolute Gasteiger partial charge is 0.449 e. The molecule has 0 atom stereocenters. The van der Waals surface area contributed by atoms with Gasteiger partial charge in [-0.2, -0.15) is 13.2 Å². The van der Waals surface area contributed by atoms with Crippen LogP contribution in [0.1, 0.15) is 16.2 Å². The zero-order valence-electron chi connectivity index (χ0n) is 16.5. The van der Waals surface area contributed by atoms with Crippen molar-refractivity contribution in [2.75, 3.05) is 26.3 Å². The lowest BCUT2D eigenvalue weighted by atomic mass is 10.0. The molecular weight excluding hydrogens is 440 g/mol. The number of hydrogen-bond acceptors (Lipinski definition) is 3. The molecule has 11 heteroatoms. The predicted molar refractivity (Wildman–Crippen MR) is 103 cm³/mol. The van der Waals surface area contributed by atoms with Crippen LogP contribution in [0.15, 0.2) is 36.4 Å². The smallest absolute Gasteiger partial charge is 0.378 e. The Labute approximate surface area is 178 Å². The Hall–Kier alpha value is -3.08. The number of alkyl halides is 5. The molecule has 0 aliphatic carbocycles. The van der Waals surface area contributed by atoms with Gasteiger partial charge in [0.25, 0.3) is 12.3 Å². The third-order valence-electron chi connectivity index (χ3n) is 5.16. The van der Waals surface area contributed by atoms with Crippen molar-refractivity contribution in [3.63, 3.8) is 0 Å². The van der Waals surface area contributed by atoms with Gasteiger partial charge in [0.1, 0.15) is 5.82 Å². The number of aromatic nitrogens is 2. The van der Waals surface area contributed by atoms with Crippen molar-refractivity contribution >= 4 is 16.9 Å². The quantitative estimate of drug-likeness (QED) is 0.539. The van der Waals surface area contributed by atoms with Crippen LogP contribution in [0, 0.1) is 5.82 Å². The van der Waals surface area contributed by atoms with Crippen LogP contribution in [0.3, 0.4) is 0 Å². The fourth-order valence-corrected chi connectivity index (χ4v) is 3.71. The Morgan fingerprint density at radius 1 is 1.06 bits per heavy atom. The van der Waals surface area contributed by atoms with Crippen LogP contribution in [0.25, 0.3) is 22.2 Å². The summed E-state index contributed by atoms with van der Waals surface area (Å²) in [5.74, 6) is -2.64. The molecule has 2 heterocycles. The molecule has 0 radical (unpaired) electrons. The number of morpholine rings is 1. The fraction of sp³-hybridized carbons (Fsp3) is 0.333. The summed E-state index contributed by atoms with van der Waals surface area (Å²) >= 11 is 0. The van der Waals surface area contributed by atoms with Gasteiger partial charge in [0.2, 0.25) is 5.82 Å². The van der Waals surface area contributed by atoms with Gasteiger partial charge in [-0.3, -0.25) is 4.79 Å². The van der Waals surface area contributed by atoms with Gasteiger partial charge < -0.3 is 14.2 Å². The SMILES string of the molecule is O=C(c1ccc(-c2c(F)ccc3c2nc(C(F)(F)F)n3CC(F)F)cc1)N1CCOCC1. The number of imidazole rings is 1. The average molecular weight is 457 g/mol. The summed E-state index contributed by atoms with van der Waals surface area (Å²) < 4.78 is 86.4. The summed E-state index contributed by atoms with van der Waals surface area (Å²) in [5, 5.41) is 0. The molecule has 170 valence electrons. The van der Waals surface area contributed by atoms with E-state index in [0.29, 0.717) is 36.4 Å². The monoisotopic (exact) mass is 457 g/mol. The second kappa shape index (κ2) is 8.45. The van der Waals surface area contributed by atoms with Gasteiger partial charge in [-0.1, -0.05) is 12.1 Å². The first-order chi connectivity index (χ1) is 15.2. The summed E-state index contributed by atoms with van der Waals surface area (Å²) in [5.41, 5.74) is -0.413. The Balaban J connectivity index is 1.78. The van der Waals surface area contributed by atoms with Crippen molar-refractivity contribution in [2.24, 2.45) is 0 Å². The van der Waals surface area contributed by atoms with Crippen LogP contribution < -0.4 is 0 Å². The van der Waals surface area contributed by atoms with Crippen molar-refractivity contribution < 1.29 is 35.9 Å². The number of nitrogens with zero attached hydrogens (tertiary/aromatic N) is 3. The summed E-state index contributed by atoms with van der Waals surface area (Å²) in [7, 11) is 0. The normalized spacial score (nSPS) is 15.0. The van der Waals surface area contributed by atoms with E-state index in [-0.39, 0.29) is 28.1 Å². The number of hydrogen-bond donors (Lipinski definition) is 0. The number of carbonyl (C=O) groups excluding carboxylic acids is 1. The standard InChI is InChI=1S/C21H17F6N3O2/c22-14-5-6-15-18(28-20(21(25,26)27)30(15)11-16(23)24)17(14)12-1-3-13(4-2-12)19(31)29-7-9-32-10-8-29/h1-6,16H,7-11H2. The highest BCUT2D eigenvalue weighted by Gasteiger charge is 2.39. The number of carbonyl (C=O) groups is 1. The van der Waals surface area contributed by atoms with Crippen molar-refractivity contribution in [2.45, 2.75) is 19.1 Å². The first-order valence-electron chi connectivity index (χ1n) is 9.68. The number of halogens is 6. The maximum absolute atomic E-state index is 14.7. The Morgan fingerprint density at radius 2 is 1.72 bits per heavy atom. The lowest BCUT2D eigenvalue weighted by Crippen LogP contribution is -2.40. The topological polar surface area (TPSA) is 47.4 Å². The maximum atomic E-state index is 14.7. The molecule has 1 aromatic heterocycles. The lowest BCUT2D eigenvalue weighted by Gasteiger charge is -2.26. The van der Waals surface area contributed by atoms with Gasteiger partial charge in [-0.25, -0.2) is 18.2 Å². The van der Waals surface area contributed by atoms with Crippen LogP contribution in [0.4, 0.5) is 26.3 Å². The van der Waals surface area contributed by atoms with Crippen molar-refractivity contribution in [3.05, 3.63) is 53.6 Å². The molecule has 1 amide bonds. The summed E-state index contributed by atoms with van der Waals surface area (Å²) in [6.45, 7) is 0.454. The van der Waals surface area contributed by atoms with Crippen LogP contribution in [0.2, 0.25) is 0 Å². The molecule has 0 bridgehead atoms. The predicted octanol–water partition coefficient (Wildman–Crippen LogP) is 4.60. The number of ether oxygens (including phenoxy) is 1. The average Bonchev–Trinajstić information content (AvgIpc) is 3.12. The summed E-state index contributed by atoms with van der Waals surface area (Å²) in [6, 6.07) is 7.57. The lowest BCUT2D eigenvalue weighted by molar-refractivity contribution is -0.147. The van der Waals surface area contributed by atoms with E-state index in [9.17, 15) is 31.1 Å². The Kier molecular flexibility index (Phi) is 5.85. The minimum atomic E-state index is -5.00. The van der Waals surface area contributed by atoms with Gasteiger partial charge in [0, 0.05) is 24.2 Å². The second-order valence-electron chi connectivity index (χ2n) is 7.21. The molecule has 0 saturated carbocycles. The van der Waals surface area contributed by atoms with E-state index in [1.54, 1.807) is 4.90 Å². The molecule has 0 unspecified atom stereocenters. The first kappa shape index (κ1) is 22.1. The van der Waals surface area contributed by atoms with E-state index in [4.69, 9.17) is 4.74 Å². The zero-order valence-corrected chi connectivity index (χ0v) is 16.5. The minimum absolute atomic E-state index is 0.169. The van der Waals surface area contributed by atoms with E-state index in [0.717, 1.165) is 12.1 Å². The molecular formula is C21H17F6N3O2. The highest BCUT2D eigenvalue weighted by atomic mass is 19.4. The molecule has 2 aromatic carbocycles. The maximum Gasteiger partial charge on any atom is 0.449 e. The zero-order chi connectivity index (χ0) is 23.0. The third kappa shape index (κ3) is 4.16. The van der Waals surface area contributed by atoms with Gasteiger partial charge in [0.05, 0.1) is 30.8 Å². The highest BCUT2D eigenvalue weighted by molar-refractivity contribution is 5.96. The second-order valence-corrected chi connectivity index (χ2v) is 7.21. The van der Waals surface area contributed by atoms with Crippen LogP contribution in [0.5, 0.6) is 0 Å². The van der Waals surface area contributed by atoms with Gasteiger partial charge >= 0.3 is 6.18 Å². The van der Waals surface area contributed by atoms with Crippen LogP contribution in [-0.4, -0.2) is 53.1 Å². The van der Waals surface area contributed by atoms with Gasteiger partial charge in [-0.15, -0.1) is 0 Å². The van der Waals surface area contributed by atoms with Crippen LogP contribution in [-0.2, 0) is 17.5 Å². The number of fused-ring (bicyclic) bond motifs is 1. The number of amides is 1. The molecule has 1 aliphatic rings. The van der Waals surface area contributed by atoms with Gasteiger partial charge in [-0.05, 0) is 29.8 Å². The molecule has 5 nitrogen and oxygen atoms in total. The van der Waals surface area contributed by atoms with E-state index in [1.807, 2.05) is 0 Å². The fourth-order valence-electron chi connectivity index (χ4n) is 3.71. The Bertz CT molecular complexity index is 1140. The minimum Gasteiger partial charge on any atom is -0.378 e. The van der Waals surface area contributed by atoms with Gasteiger partial charge in [0.15, 0.2) is 0 Å². The van der Waals surface area contributed by atoms with E-state index < -0.39 is 30.8 Å². The van der Waals surface area contributed by atoms with Crippen molar-refractivity contribution in [3.8, 4) is 11.1 Å². The van der Waals surface area contributed by atoms with E-state index in [1.165, 1.54) is 24.3 Å². The van der Waals surface area contributed by atoms with E-state index in [2.05, 4.69) is 4.98 Å². The molecule has 0 N–H and O–H groups in total. The third-order valence-corrected chi connectivity index (χ3v) is 5.16. The Morgan fingerprint density at radius 3 is 2.31 bits per heavy atom.